The Hall–Kier alpha value is -1.16. The van der Waals surface area contributed by atoms with Crippen molar-refractivity contribution in [3.8, 4) is 0 Å². The lowest BCUT2D eigenvalue weighted by atomic mass is 10.1. The summed E-state index contributed by atoms with van der Waals surface area (Å²) >= 11 is 0. The van der Waals surface area contributed by atoms with Gasteiger partial charge in [0.2, 0.25) is 0 Å². The molecule has 4 heteroatoms. The molecule has 1 rings (SSSR count). The highest BCUT2D eigenvalue weighted by atomic mass is 32.2. The van der Waals surface area contributed by atoms with E-state index in [2.05, 4.69) is 0 Å². The van der Waals surface area contributed by atoms with E-state index in [4.69, 9.17) is 0 Å². The van der Waals surface area contributed by atoms with Crippen LogP contribution in [0, 0.1) is 0 Å². The molecular formula is C13H18O3S. The molecule has 0 bridgehead atoms. The van der Waals surface area contributed by atoms with Crippen LogP contribution in [0.15, 0.2) is 30.3 Å². The first-order valence-corrected chi connectivity index (χ1v) is 7.44. The van der Waals surface area contributed by atoms with Crippen LogP contribution >= 0.6 is 0 Å². The molecule has 0 fully saturated rings. The lowest BCUT2D eigenvalue weighted by Crippen LogP contribution is -2.26. The molecule has 1 atom stereocenters. The second-order valence-corrected chi connectivity index (χ2v) is 6.65. The molecule has 0 heterocycles. The highest BCUT2D eigenvalue weighted by Gasteiger charge is 2.22. The summed E-state index contributed by atoms with van der Waals surface area (Å²) in [6.07, 6.45) is 0.734. The van der Waals surface area contributed by atoms with E-state index in [9.17, 15) is 13.2 Å². The van der Waals surface area contributed by atoms with Crippen LogP contribution in [0.4, 0.5) is 0 Å². The zero-order chi connectivity index (χ0) is 12.9. The molecule has 0 spiro atoms. The van der Waals surface area contributed by atoms with E-state index in [-0.39, 0.29) is 18.0 Å². The van der Waals surface area contributed by atoms with E-state index in [1.807, 2.05) is 37.3 Å². The van der Waals surface area contributed by atoms with Gasteiger partial charge in [-0.2, -0.15) is 0 Å². The van der Waals surface area contributed by atoms with Gasteiger partial charge in [-0.15, -0.1) is 0 Å². The quantitative estimate of drug-likeness (QED) is 0.780. The molecule has 0 aliphatic rings. The fraction of sp³-hybridized carbons (Fsp3) is 0.462. The largest absolute Gasteiger partial charge is 0.298 e. The van der Waals surface area contributed by atoms with Gasteiger partial charge < -0.3 is 0 Å². The van der Waals surface area contributed by atoms with Crippen LogP contribution in [0.25, 0.3) is 0 Å². The Kier molecular flexibility index (Phi) is 4.87. The van der Waals surface area contributed by atoms with Gasteiger partial charge in [-0.3, -0.25) is 4.79 Å². The minimum atomic E-state index is -3.28. The lowest BCUT2D eigenvalue weighted by Gasteiger charge is -2.09. The summed E-state index contributed by atoms with van der Waals surface area (Å²) in [7, 11) is -3.28. The van der Waals surface area contributed by atoms with Gasteiger partial charge in [-0.05, 0) is 18.9 Å². The van der Waals surface area contributed by atoms with E-state index in [1.54, 1.807) is 6.92 Å². The zero-order valence-electron chi connectivity index (χ0n) is 10.2. The summed E-state index contributed by atoms with van der Waals surface area (Å²) in [4.78, 5) is 11.7. The first-order chi connectivity index (χ1) is 7.95. The number of sulfone groups is 1. The molecule has 0 saturated carbocycles. The minimum Gasteiger partial charge on any atom is -0.298 e. The van der Waals surface area contributed by atoms with Crippen molar-refractivity contribution in [2.24, 2.45) is 0 Å². The smallest absolute Gasteiger partial charge is 0.159 e. The van der Waals surface area contributed by atoms with Crippen LogP contribution in [0.1, 0.15) is 25.8 Å². The standard InChI is InChI=1S/C13H18O3S/c1-3-11(2)17(15,16)10-13(14)9-12-7-5-4-6-8-12/h4-8,11H,3,9-10H2,1-2H3. The highest BCUT2D eigenvalue weighted by molar-refractivity contribution is 7.92. The van der Waals surface area contributed by atoms with Crippen LogP contribution in [0.5, 0.6) is 0 Å². The monoisotopic (exact) mass is 254 g/mol. The van der Waals surface area contributed by atoms with Gasteiger partial charge in [-0.1, -0.05) is 37.3 Å². The van der Waals surface area contributed by atoms with Gasteiger partial charge in [0.1, 0.15) is 5.75 Å². The molecule has 94 valence electrons. The second-order valence-electron chi connectivity index (χ2n) is 4.23. The topological polar surface area (TPSA) is 51.2 Å². The van der Waals surface area contributed by atoms with Crippen molar-refractivity contribution < 1.29 is 13.2 Å². The number of Topliss-reactive ketones (excluding diaryl/α,β-unsaturated/α-hetero) is 1. The Morgan fingerprint density at radius 2 is 1.82 bits per heavy atom. The van der Waals surface area contributed by atoms with Crippen LogP contribution in [0.3, 0.4) is 0 Å². The summed E-state index contributed by atoms with van der Waals surface area (Å²) in [5, 5.41) is -0.442. The molecule has 0 aromatic heterocycles. The number of carbonyl (C=O) groups is 1. The lowest BCUT2D eigenvalue weighted by molar-refractivity contribution is -0.116. The molecular weight excluding hydrogens is 236 g/mol. The molecule has 1 aromatic rings. The van der Waals surface area contributed by atoms with Crippen LogP contribution in [0.2, 0.25) is 0 Å². The summed E-state index contributed by atoms with van der Waals surface area (Å²) < 4.78 is 23.5. The first-order valence-electron chi connectivity index (χ1n) is 5.73. The zero-order valence-corrected chi connectivity index (χ0v) is 11.0. The van der Waals surface area contributed by atoms with Gasteiger partial charge in [0.25, 0.3) is 0 Å². The van der Waals surface area contributed by atoms with Crippen molar-refractivity contribution in [1.82, 2.24) is 0 Å². The minimum absolute atomic E-state index is 0.191. The maximum atomic E-state index is 11.7. The predicted molar refractivity (Wildman–Crippen MR) is 68.7 cm³/mol. The molecule has 0 aliphatic heterocycles. The van der Waals surface area contributed by atoms with Gasteiger partial charge >= 0.3 is 0 Å². The van der Waals surface area contributed by atoms with Gasteiger partial charge in [0.15, 0.2) is 15.6 Å². The predicted octanol–water partition coefficient (Wildman–Crippen LogP) is 2.01. The number of hydrogen-bond acceptors (Lipinski definition) is 3. The first kappa shape index (κ1) is 13.9. The number of hydrogen-bond donors (Lipinski definition) is 0. The average molecular weight is 254 g/mol. The summed E-state index contributed by atoms with van der Waals surface area (Å²) in [5.74, 6) is -0.590. The van der Waals surface area contributed by atoms with Crippen LogP contribution < -0.4 is 0 Å². The molecule has 1 unspecified atom stereocenters. The van der Waals surface area contributed by atoms with Crippen molar-refractivity contribution in [2.75, 3.05) is 5.75 Å². The molecule has 0 saturated heterocycles. The third kappa shape index (κ3) is 4.30. The molecule has 17 heavy (non-hydrogen) atoms. The summed E-state index contributed by atoms with van der Waals surface area (Å²) in [6.45, 7) is 3.45. The van der Waals surface area contributed by atoms with E-state index in [0.717, 1.165) is 5.56 Å². The molecule has 0 N–H and O–H groups in total. The van der Waals surface area contributed by atoms with Crippen molar-refractivity contribution in [1.29, 1.82) is 0 Å². The molecule has 1 aromatic carbocycles. The molecule has 0 aliphatic carbocycles. The number of rotatable bonds is 6. The Morgan fingerprint density at radius 3 is 2.35 bits per heavy atom. The Morgan fingerprint density at radius 1 is 1.24 bits per heavy atom. The molecule has 3 nitrogen and oxygen atoms in total. The fourth-order valence-electron chi connectivity index (χ4n) is 1.50. The number of benzene rings is 1. The van der Waals surface area contributed by atoms with E-state index >= 15 is 0 Å². The van der Waals surface area contributed by atoms with Gasteiger partial charge in [0, 0.05) is 6.42 Å². The van der Waals surface area contributed by atoms with Crippen LogP contribution in [-0.2, 0) is 21.1 Å². The van der Waals surface area contributed by atoms with Crippen molar-refractivity contribution in [2.45, 2.75) is 31.9 Å². The van der Waals surface area contributed by atoms with Crippen LogP contribution in [-0.4, -0.2) is 25.2 Å². The fourth-order valence-corrected chi connectivity index (χ4v) is 2.84. The number of carbonyl (C=O) groups excluding carboxylic acids is 1. The van der Waals surface area contributed by atoms with Gasteiger partial charge in [-0.25, -0.2) is 8.42 Å². The van der Waals surface area contributed by atoms with Crippen molar-refractivity contribution in [3.05, 3.63) is 35.9 Å². The molecule has 0 radical (unpaired) electrons. The third-order valence-electron chi connectivity index (χ3n) is 2.79. The van der Waals surface area contributed by atoms with E-state index in [0.29, 0.717) is 6.42 Å². The van der Waals surface area contributed by atoms with Crippen molar-refractivity contribution >= 4 is 15.6 Å². The second kappa shape index (κ2) is 5.96. The summed E-state index contributed by atoms with van der Waals surface area (Å²) in [5.41, 5.74) is 0.858. The molecule has 0 amide bonds. The average Bonchev–Trinajstić information content (AvgIpc) is 2.28. The Balaban J connectivity index is 2.62. The maximum Gasteiger partial charge on any atom is 0.159 e. The third-order valence-corrected chi connectivity index (χ3v) is 5.08. The van der Waals surface area contributed by atoms with Crippen molar-refractivity contribution in [3.63, 3.8) is 0 Å². The number of ketones is 1. The maximum absolute atomic E-state index is 11.7. The van der Waals surface area contributed by atoms with E-state index < -0.39 is 15.1 Å². The SMILES string of the molecule is CCC(C)S(=O)(=O)CC(=O)Cc1ccccc1. The Bertz CT molecular complexity index is 463. The van der Waals surface area contributed by atoms with E-state index in [1.165, 1.54) is 0 Å². The Labute approximate surface area is 103 Å². The van der Waals surface area contributed by atoms with Gasteiger partial charge in [0.05, 0.1) is 5.25 Å². The highest BCUT2D eigenvalue weighted by Crippen LogP contribution is 2.08. The normalized spacial score (nSPS) is 13.3. The summed E-state index contributed by atoms with van der Waals surface area (Å²) in [6, 6.07) is 9.20.